The minimum absolute atomic E-state index is 0.768. The van der Waals surface area contributed by atoms with Crippen LogP contribution < -0.4 is 14.7 Å². The number of hydrogen-bond acceptors (Lipinski definition) is 7. The molecule has 170 valence electrons. The van der Waals surface area contributed by atoms with E-state index in [4.69, 9.17) is 15.0 Å². The van der Waals surface area contributed by atoms with Crippen molar-refractivity contribution >= 4 is 29.2 Å². The average Bonchev–Trinajstić information content (AvgIpc) is 2.88. The van der Waals surface area contributed by atoms with Crippen molar-refractivity contribution in [3.63, 3.8) is 0 Å². The molecule has 1 aromatic heterocycles. The average molecular weight is 442 g/mol. The van der Waals surface area contributed by atoms with Gasteiger partial charge in [-0.1, -0.05) is 36.4 Å². The lowest BCUT2D eigenvalue weighted by molar-refractivity contribution is 0.311. The Morgan fingerprint density at radius 2 is 1.06 bits per heavy atom. The molecule has 7 nitrogen and oxygen atoms in total. The van der Waals surface area contributed by atoms with E-state index in [9.17, 15) is 0 Å². The summed E-state index contributed by atoms with van der Waals surface area (Å²) in [6.07, 6.45) is 4.42. The molecule has 6 rings (SSSR count). The van der Waals surface area contributed by atoms with E-state index in [1.165, 1.54) is 22.5 Å². The minimum atomic E-state index is 0.768. The van der Waals surface area contributed by atoms with Crippen LogP contribution in [-0.2, 0) is 12.8 Å². The Balaban J connectivity index is 1.45. The van der Waals surface area contributed by atoms with Gasteiger partial charge < -0.3 is 19.6 Å². The van der Waals surface area contributed by atoms with Crippen molar-refractivity contribution in [2.45, 2.75) is 25.7 Å². The normalized spacial score (nSPS) is 18.8. The molecule has 0 saturated carbocycles. The summed E-state index contributed by atoms with van der Waals surface area (Å²) in [5.74, 6) is 2.34. The first kappa shape index (κ1) is 20.4. The van der Waals surface area contributed by atoms with Gasteiger partial charge in [-0.2, -0.15) is 15.0 Å². The van der Waals surface area contributed by atoms with E-state index in [2.05, 4.69) is 75.2 Å². The Morgan fingerprint density at radius 1 is 0.576 bits per heavy atom. The van der Waals surface area contributed by atoms with E-state index >= 15 is 0 Å². The first-order valence-electron chi connectivity index (χ1n) is 12.2. The molecule has 3 aliphatic rings. The third kappa shape index (κ3) is 3.91. The quantitative estimate of drug-likeness (QED) is 0.613. The van der Waals surface area contributed by atoms with Crippen LogP contribution in [0.1, 0.15) is 24.0 Å². The van der Waals surface area contributed by atoms with Gasteiger partial charge in [0, 0.05) is 50.6 Å². The van der Waals surface area contributed by atoms with Crippen LogP contribution in [0.4, 0.5) is 29.2 Å². The van der Waals surface area contributed by atoms with Crippen LogP contribution in [0.5, 0.6) is 0 Å². The fraction of sp³-hybridized carbons (Fsp3) is 0.423. The molecule has 0 unspecified atom stereocenters. The number of aryl methyl sites for hydroxylation is 2. The van der Waals surface area contributed by atoms with Gasteiger partial charge in [0.2, 0.25) is 17.8 Å². The van der Waals surface area contributed by atoms with Crippen LogP contribution in [0, 0.1) is 0 Å². The highest BCUT2D eigenvalue weighted by Gasteiger charge is 2.27. The van der Waals surface area contributed by atoms with Gasteiger partial charge in [0.25, 0.3) is 0 Å². The molecule has 4 heterocycles. The van der Waals surface area contributed by atoms with Gasteiger partial charge in [-0.25, -0.2) is 0 Å². The summed E-state index contributed by atoms with van der Waals surface area (Å²) in [7, 11) is 2.18. The summed E-state index contributed by atoms with van der Waals surface area (Å²) in [4.78, 5) is 24.4. The maximum absolute atomic E-state index is 5.08. The molecular weight excluding hydrogens is 410 g/mol. The van der Waals surface area contributed by atoms with E-state index in [0.29, 0.717) is 0 Å². The highest BCUT2D eigenvalue weighted by Crippen LogP contribution is 2.36. The topological polar surface area (TPSA) is 51.6 Å². The van der Waals surface area contributed by atoms with Crippen molar-refractivity contribution in [2.75, 3.05) is 61.0 Å². The van der Waals surface area contributed by atoms with Crippen LogP contribution in [-0.4, -0.2) is 66.2 Å². The molecule has 2 aromatic carbocycles. The van der Waals surface area contributed by atoms with E-state index in [0.717, 1.165) is 82.8 Å². The fourth-order valence-corrected chi connectivity index (χ4v) is 5.22. The number of aromatic nitrogens is 3. The number of nitrogens with zero attached hydrogens (tertiary/aromatic N) is 7. The van der Waals surface area contributed by atoms with Crippen molar-refractivity contribution in [1.82, 2.24) is 19.9 Å². The third-order valence-corrected chi connectivity index (χ3v) is 7.09. The van der Waals surface area contributed by atoms with Crippen molar-refractivity contribution in [1.29, 1.82) is 0 Å². The smallest absolute Gasteiger partial charge is 0.236 e. The van der Waals surface area contributed by atoms with Crippen molar-refractivity contribution < 1.29 is 0 Å². The molecule has 0 aliphatic carbocycles. The number of likely N-dealkylation sites (N-methyl/N-ethyl adjacent to an activating group) is 1. The largest absolute Gasteiger partial charge is 0.338 e. The van der Waals surface area contributed by atoms with Crippen LogP contribution in [0.25, 0.3) is 0 Å². The van der Waals surface area contributed by atoms with Crippen LogP contribution in [0.15, 0.2) is 48.5 Å². The number of anilines is 5. The maximum Gasteiger partial charge on any atom is 0.236 e. The highest BCUT2D eigenvalue weighted by molar-refractivity contribution is 5.68. The molecule has 0 N–H and O–H groups in total. The van der Waals surface area contributed by atoms with Gasteiger partial charge in [0.15, 0.2) is 0 Å². The first-order chi connectivity index (χ1) is 16.3. The van der Waals surface area contributed by atoms with Gasteiger partial charge in [0.1, 0.15) is 0 Å². The van der Waals surface area contributed by atoms with E-state index in [1.54, 1.807) is 0 Å². The Hall–Kier alpha value is -3.19. The van der Waals surface area contributed by atoms with E-state index < -0.39 is 0 Å². The summed E-state index contributed by atoms with van der Waals surface area (Å²) in [6, 6.07) is 17.3. The zero-order valence-corrected chi connectivity index (χ0v) is 19.3. The van der Waals surface area contributed by atoms with Crippen molar-refractivity contribution in [3.8, 4) is 0 Å². The molecule has 1 saturated heterocycles. The Labute approximate surface area is 195 Å². The monoisotopic (exact) mass is 441 g/mol. The van der Waals surface area contributed by atoms with Crippen LogP contribution >= 0.6 is 0 Å². The molecule has 7 heteroatoms. The summed E-state index contributed by atoms with van der Waals surface area (Å²) in [5, 5.41) is 0. The molecule has 0 spiro atoms. The van der Waals surface area contributed by atoms with Crippen molar-refractivity contribution in [2.24, 2.45) is 0 Å². The summed E-state index contributed by atoms with van der Waals surface area (Å²) in [5.41, 5.74) is 5.19. The number of hydrogen-bond donors (Lipinski definition) is 0. The second-order valence-electron chi connectivity index (χ2n) is 9.29. The fourth-order valence-electron chi connectivity index (χ4n) is 5.22. The van der Waals surface area contributed by atoms with Gasteiger partial charge in [0.05, 0.1) is 0 Å². The number of benzene rings is 2. The lowest BCUT2D eigenvalue weighted by atomic mass is 10.0. The van der Waals surface area contributed by atoms with E-state index in [-0.39, 0.29) is 0 Å². The predicted octanol–water partition coefficient (Wildman–Crippen LogP) is 3.79. The summed E-state index contributed by atoms with van der Waals surface area (Å²) in [6.45, 7) is 5.78. The molecule has 1 fully saturated rings. The summed E-state index contributed by atoms with van der Waals surface area (Å²) >= 11 is 0. The number of fused-ring (bicyclic) bond motifs is 2. The lowest BCUT2D eigenvalue weighted by Gasteiger charge is -2.35. The predicted molar refractivity (Wildman–Crippen MR) is 133 cm³/mol. The number of piperazine rings is 1. The number of rotatable bonds is 3. The van der Waals surface area contributed by atoms with Gasteiger partial charge >= 0.3 is 0 Å². The molecular formula is C26H31N7. The van der Waals surface area contributed by atoms with Gasteiger partial charge in [-0.3, -0.25) is 0 Å². The molecule has 3 aliphatic heterocycles. The molecule has 33 heavy (non-hydrogen) atoms. The molecule has 3 aromatic rings. The van der Waals surface area contributed by atoms with Gasteiger partial charge in [-0.15, -0.1) is 0 Å². The summed E-state index contributed by atoms with van der Waals surface area (Å²) < 4.78 is 0. The Morgan fingerprint density at radius 3 is 1.61 bits per heavy atom. The second-order valence-corrected chi connectivity index (χ2v) is 9.29. The maximum atomic E-state index is 5.08. The van der Waals surface area contributed by atoms with E-state index in [1.807, 2.05) is 0 Å². The Kier molecular flexibility index (Phi) is 5.34. The minimum Gasteiger partial charge on any atom is -0.338 e. The zero-order valence-electron chi connectivity index (χ0n) is 19.3. The second kappa shape index (κ2) is 8.63. The third-order valence-electron chi connectivity index (χ3n) is 7.09. The molecule has 0 radical (unpaired) electrons. The molecule has 0 amide bonds. The standard InChI is InChI=1S/C26H31N7/c1-30-16-18-31(19-17-30)24-27-25(32-14-6-10-20-8-2-4-12-22(20)32)29-26(28-24)33-15-7-11-21-9-3-5-13-23(21)33/h2-5,8-9,12-13H,6-7,10-11,14-19H2,1H3. The molecule has 0 bridgehead atoms. The Bertz CT molecular complexity index is 1060. The lowest BCUT2D eigenvalue weighted by Crippen LogP contribution is -2.45. The van der Waals surface area contributed by atoms with Gasteiger partial charge in [-0.05, 0) is 56.0 Å². The van der Waals surface area contributed by atoms with Crippen molar-refractivity contribution in [3.05, 3.63) is 59.7 Å². The van der Waals surface area contributed by atoms with Crippen LogP contribution in [0.2, 0.25) is 0 Å². The SMILES string of the molecule is CN1CCN(c2nc(N3CCCc4ccccc43)nc(N3CCCc4ccccc43)n2)CC1. The molecule has 0 atom stereocenters. The first-order valence-corrected chi connectivity index (χ1v) is 12.2. The van der Waals surface area contributed by atoms with Crippen LogP contribution in [0.3, 0.4) is 0 Å². The zero-order chi connectivity index (χ0) is 22.2. The number of para-hydroxylation sites is 2. The highest BCUT2D eigenvalue weighted by atomic mass is 15.4.